The van der Waals surface area contributed by atoms with Crippen molar-refractivity contribution in [3.05, 3.63) is 72.8 Å². The molecule has 2 aromatic carbocycles. The molecule has 1 aromatic heterocycles. The van der Waals surface area contributed by atoms with Gasteiger partial charge in [-0.1, -0.05) is 74.7 Å². The monoisotopic (exact) mass is 853 g/mol. The quantitative estimate of drug-likeness (QED) is 0.215. The third-order valence-electron chi connectivity index (χ3n) is 12.9. The van der Waals surface area contributed by atoms with Crippen LogP contribution in [0.3, 0.4) is 0 Å². The summed E-state index contributed by atoms with van der Waals surface area (Å²) in [6.07, 6.45) is 10.9. The van der Waals surface area contributed by atoms with Gasteiger partial charge in [-0.3, -0.25) is 19.1 Å². The predicted molar refractivity (Wildman–Crippen MR) is 230 cm³/mol. The number of methoxy groups -OCH3 is 1. The van der Waals surface area contributed by atoms with Crippen LogP contribution >= 0.6 is 0 Å². The molecule has 3 N–H and O–H groups in total. The first-order chi connectivity index (χ1) is 29.4. The molecule has 5 aliphatic rings. The summed E-state index contributed by atoms with van der Waals surface area (Å²) in [5.41, 5.74) is 1.38. The normalized spacial score (nSPS) is 28.0. The Balaban J connectivity index is 1.19. The average Bonchev–Trinajstić information content (AvgIpc) is 4.20. The summed E-state index contributed by atoms with van der Waals surface area (Å²) in [7, 11) is -2.31. The van der Waals surface area contributed by atoms with Crippen molar-refractivity contribution in [2.45, 2.75) is 107 Å². The summed E-state index contributed by atoms with van der Waals surface area (Å²) in [4.78, 5) is 63.4. The van der Waals surface area contributed by atoms with Crippen molar-refractivity contribution in [1.29, 1.82) is 0 Å². The maximum atomic E-state index is 15.0. The van der Waals surface area contributed by atoms with Gasteiger partial charge in [0.2, 0.25) is 21.8 Å². The van der Waals surface area contributed by atoms with Gasteiger partial charge >= 0.3 is 6.09 Å². The fourth-order valence-electron chi connectivity index (χ4n) is 9.06. The second kappa shape index (κ2) is 17.5. The molecule has 324 valence electrons. The average molecular weight is 854 g/mol. The van der Waals surface area contributed by atoms with E-state index < -0.39 is 68.7 Å². The number of fused-ring (bicyclic) bond motifs is 3. The molecule has 6 atom stereocenters. The molecule has 4 bridgehead atoms. The van der Waals surface area contributed by atoms with Gasteiger partial charge in [0.05, 0.1) is 36.7 Å². The van der Waals surface area contributed by atoms with E-state index in [1.807, 2.05) is 61.5 Å². The van der Waals surface area contributed by atoms with Crippen LogP contribution in [0, 0.1) is 17.8 Å². The van der Waals surface area contributed by atoms with Crippen LogP contribution in [0.2, 0.25) is 0 Å². The largest absolute Gasteiger partial charge is 0.496 e. The molecule has 0 spiro atoms. The highest BCUT2D eigenvalue weighted by molar-refractivity contribution is 7.91. The highest BCUT2D eigenvalue weighted by Gasteiger charge is 2.62. The Kier molecular flexibility index (Phi) is 12.1. The molecular weight excluding hydrogens is 799 g/mol. The fraction of sp³-hybridized carbons (Fsp3) is 0.500. The number of ether oxygens (including phenoxy) is 3. The first kappa shape index (κ1) is 42.3. The van der Waals surface area contributed by atoms with E-state index in [9.17, 15) is 22.8 Å². The number of aromatic nitrogens is 1. The number of hydrogen-bond donors (Lipinski definition) is 3. The fourth-order valence-corrected chi connectivity index (χ4v) is 10.4. The molecule has 1 saturated heterocycles. The van der Waals surface area contributed by atoms with Gasteiger partial charge in [-0.25, -0.2) is 18.2 Å². The van der Waals surface area contributed by atoms with Crippen LogP contribution in [0.25, 0.3) is 28.2 Å². The lowest BCUT2D eigenvalue weighted by atomic mass is 9.83. The van der Waals surface area contributed by atoms with Crippen molar-refractivity contribution >= 4 is 50.8 Å². The van der Waals surface area contributed by atoms with Crippen LogP contribution in [0.5, 0.6) is 11.5 Å². The Labute approximate surface area is 356 Å². The van der Waals surface area contributed by atoms with Gasteiger partial charge in [0.1, 0.15) is 35.2 Å². The van der Waals surface area contributed by atoms with Crippen molar-refractivity contribution in [3.8, 4) is 22.8 Å². The Hall–Kier alpha value is -5.44. The van der Waals surface area contributed by atoms with Crippen molar-refractivity contribution in [2.75, 3.05) is 20.3 Å². The number of amides is 4. The van der Waals surface area contributed by atoms with Crippen LogP contribution in [-0.4, -0.2) is 91.4 Å². The molecule has 3 aromatic rings. The molecule has 0 radical (unpaired) electrons. The zero-order valence-corrected chi connectivity index (χ0v) is 35.6. The third-order valence-corrected chi connectivity index (χ3v) is 14.7. The molecule has 4 fully saturated rings. The van der Waals surface area contributed by atoms with Gasteiger partial charge in [-0.2, -0.15) is 0 Å². The summed E-state index contributed by atoms with van der Waals surface area (Å²) in [5.74, 6) is -1.49. The number of nitrogens with one attached hydrogen (secondary N) is 3. The summed E-state index contributed by atoms with van der Waals surface area (Å²) in [5, 5.41) is 5.84. The van der Waals surface area contributed by atoms with Crippen LogP contribution in [0.15, 0.2) is 67.3 Å². The van der Waals surface area contributed by atoms with E-state index in [1.165, 1.54) is 11.0 Å². The number of allylic oxidation sites excluding steroid dienone is 1. The minimum absolute atomic E-state index is 0.0125. The zero-order chi connectivity index (χ0) is 42.9. The number of cyclic esters (lactones) is 1. The molecule has 2 aliphatic heterocycles. The zero-order valence-electron chi connectivity index (χ0n) is 34.8. The van der Waals surface area contributed by atoms with Gasteiger partial charge in [-0.15, -0.1) is 6.58 Å². The highest BCUT2D eigenvalue weighted by atomic mass is 32.2. The minimum atomic E-state index is -3.92. The lowest BCUT2D eigenvalue weighted by Gasteiger charge is -2.34. The van der Waals surface area contributed by atoms with Crippen molar-refractivity contribution in [1.82, 2.24) is 25.2 Å². The van der Waals surface area contributed by atoms with E-state index in [1.54, 1.807) is 7.11 Å². The van der Waals surface area contributed by atoms with E-state index in [2.05, 4.69) is 28.0 Å². The number of rotatable bonds is 9. The molecule has 15 heteroatoms. The second-order valence-corrected chi connectivity index (χ2v) is 19.3. The number of sulfonamides is 1. The van der Waals surface area contributed by atoms with E-state index in [4.69, 9.17) is 19.2 Å². The number of carbonyl (C=O) groups excluding carboxylic acids is 4. The molecule has 61 heavy (non-hydrogen) atoms. The summed E-state index contributed by atoms with van der Waals surface area (Å²) < 4.78 is 46.4. The van der Waals surface area contributed by atoms with E-state index in [-0.39, 0.29) is 37.8 Å². The Bertz CT molecular complexity index is 2330. The number of carbonyl (C=O) groups is 4. The molecule has 14 nitrogen and oxygen atoms in total. The first-order valence-corrected chi connectivity index (χ1v) is 23.1. The van der Waals surface area contributed by atoms with Crippen molar-refractivity contribution in [3.63, 3.8) is 0 Å². The van der Waals surface area contributed by atoms with Crippen LogP contribution in [-0.2, 0) is 29.1 Å². The Morgan fingerprint density at radius 1 is 1.05 bits per heavy atom. The minimum Gasteiger partial charge on any atom is -0.496 e. The second-order valence-electron chi connectivity index (χ2n) is 17.4. The summed E-state index contributed by atoms with van der Waals surface area (Å²) >= 11 is 0. The Morgan fingerprint density at radius 2 is 1.82 bits per heavy atom. The van der Waals surface area contributed by atoms with Gasteiger partial charge in [-0.05, 0) is 62.8 Å². The summed E-state index contributed by atoms with van der Waals surface area (Å²) in [6.45, 7) is 5.97. The number of alkyl carbamates (subject to hydrolysis) is 1. The molecule has 1 unspecified atom stereocenters. The van der Waals surface area contributed by atoms with Crippen molar-refractivity contribution in [2.24, 2.45) is 17.8 Å². The molecule has 3 heterocycles. The van der Waals surface area contributed by atoms with E-state index in [0.717, 1.165) is 43.2 Å². The highest BCUT2D eigenvalue weighted by Crippen LogP contribution is 2.46. The molecule has 4 amide bonds. The van der Waals surface area contributed by atoms with E-state index in [0.29, 0.717) is 53.8 Å². The number of hydrogen-bond acceptors (Lipinski definition) is 10. The maximum absolute atomic E-state index is 15.0. The topological polar surface area (TPSA) is 182 Å². The smallest absolute Gasteiger partial charge is 0.407 e. The Morgan fingerprint density at radius 3 is 2.52 bits per heavy atom. The lowest BCUT2D eigenvalue weighted by molar-refractivity contribution is -0.142. The number of nitrogens with zero attached hydrogens (tertiary/aromatic N) is 2. The van der Waals surface area contributed by atoms with Gasteiger partial charge in [0.25, 0.3) is 5.91 Å². The predicted octanol–water partition coefficient (Wildman–Crippen LogP) is 6.05. The van der Waals surface area contributed by atoms with Gasteiger partial charge in [0.15, 0.2) is 0 Å². The number of benzene rings is 2. The summed E-state index contributed by atoms with van der Waals surface area (Å²) in [6, 6.07) is 13.3. The van der Waals surface area contributed by atoms with Crippen molar-refractivity contribution < 1.29 is 41.8 Å². The SMILES string of the molecule is C=C[C@@H]1C[C@]1(NC(=O)[C@@H]1C[C@@H]2CN1C(=O)[C@H](C1CCCCC1)NC(=O)OCC(C)CC/C=C\c1cc3c(cc(-c4ccccc4)nc3cc1OC)O2)C(=O)NS(=O)(=O)C1CC1. The van der Waals surface area contributed by atoms with Crippen LogP contribution < -0.4 is 24.8 Å². The van der Waals surface area contributed by atoms with Gasteiger partial charge < -0.3 is 29.7 Å². The maximum Gasteiger partial charge on any atom is 0.407 e. The molecular formula is C46H55N5O9S. The lowest BCUT2D eigenvalue weighted by Crippen LogP contribution is -2.59. The van der Waals surface area contributed by atoms with Crippen LogP contribution in [0.1, 0.15) is 83.1 Å². The number of pyridine rings is 1. The van der Waals surface area contributed by atoms with E-state index >= 15 is 4.79 Å². The van der Waals surface area contributed by atoms with Gasteiger partial charge in [0, 0.05) is 41.0 Å². The standard InChI is InChI=1S/C46H55N5O9S/c1-4-32-25-46(32,44(54)50-61(56,57)34-19-20-34)49-42(52)38-22-33-26-51(38)43(53)41(30-16-9-6-10-17-30)48-45(55)59-27-28(2)13-11-12-18-31-21-35-37(24-39(31)58-3)47-36(23-40(35)60-33)29-14-7-5-8-15-29/h4-5,7-8,12,14-15,18,21,23-24,28,30,32-34,38,41H,1,6,9-11,13,16-17,19-20,22,25-27H2,2-3H3,(H,48,55)(H,49,52)(H,50,54)/b18-12-/t28?,32-,33-,38+,41+,46-/m1/s1. The molecule has 3 saturated carbocycles. The van der Waals surface area contributed by atoms with Crippen LogP contribution in [0.4, 0.5) is 4.79 Å². The molecule has 8 rings (SSSR count). The molecule has 3 aliphatic carbocycles. The first-order valence-electron chi connectivity index (χ1n) is 21.5. The third kappa shape index (κ3) is 9.12.